The Morgan fingerprint density at radius 3 is 1.11 bits per heavy atom. The third-order valence-electron chi connectivity index (χ3n) is 2.29. The molecule has 2 aromatic rings. The van der Waals surface area contributed by atoms with Gasteiger partial charge in [0.05, 0.1) is 0 Å². The van der Waals surface area contributed by atoms with Crippen molar-refractivity contribution in [2.75, 3.05) is 0 Å². The number of rotatable bonds is 1. The highest BCUT2D eigenvalue weighted by Crippen LogP contribution is 2.14. The van der Waals surface area contributed by atoms with Crippen LogP contribution in [0.2, 0.25) is 0 Å². The highest BCUT2D eigenvalue weighted by Gasteiger charge is 2.00. The van der Waals surface area contributed by atoms with E-state index in [1.165, 1.54) is 11.1 Å². The third kappa shape index (κ3) is 6.80. The standard InChI is InChI=1S/C12H14N2.ClHO4/c1-13-7-3-11(4-8-13)12-5-9-14(2)10-6-12;2-1(3,4)5/h3-10H,1-2H3;(H,2,3,4,5)/q+2;/p-1. The number of pyridine rings is 2. The van der Waals surface area contributed by atoms with Crippen molar-refractivity contribution in [2.24, 2.45) is 14.1 Å². The van der Waals surface area contributed by atoms with Gasteiger partial charge in [0.25, 0.3) is 0 Å². The van der Waals surface area contributed by atoms with Crippen LogP contribution < -0.4 is 27.8 Å². The molecule has 0 saturated heterocycles. The van der Waals surface area contributed by atoms with E-state index in [1.54, 1.807) is 0 Å². The molecule has 0 saturated carbocycles. The molecular weight excluding hydrogens is 272 g/mol. The molecule has 0 radical (unpaired) electrons. The lowest BCUT2D eigenvalue weighted by Crippen LogP contribution is -2.68. The van der Waals surface area contributed by atoms with Gasteiger partial charge in [-0.1, -0.05) is 0 Å². The minimum Gasteiger partial charge on any atom is -0.222 e. The van der Waals surface area contributed by atoms with E-state index in [4.69, 9.17) is 18.6 Å². The minimum absolute atomic E-state index is 1.25. The molecule has 102 valence electrons. The molecule has 0 aliphatic heterocycles. The summed E-state index contributed by atoms with van der Waals surface area (Å²) in [4.78, 5) is 0. The molecule has 2 rings (SSSR count). The topological polar surface area (TPSA) is 100 Å². The highest BCUT2D eigenvalue weighted by atomic mass is 35.7. The average Bonchev–Trinajstić information content (AvgIpc) is 2.29. The minimum atomic E-state index is -4.94. The van der Waals surface area contributed by atoms with Gasteiger partial charge < -0.3 is 0 Å². The first-order valence-corrected chi connectivity index (χ1v) is 6.52. The van der Waals surface area contributed by atoms with Gasteiger partial charge >= 0.3 is 0 Å². The summed E-state index contributed by atoms with van der Waals surface area (Å²) in [6, 6.07) is 8.48. The van der Waals surface area contributed by atoms with E-state index in [2.05, 4.69) is 49.1 Å². The van der Waals surface area contributed by atoms with Crippen LogP contribution in [-0.2, 0) is 14.1 Å². The smallest absolute Gasteiger partial charge is 0.169 e. The number of halogens is 1. The van der Waals surface area contributed by atoms with Gasteiger partial charge in [0.2, 0.25) is 0 Å². The fourth-order valence-corrected chi connectivity index (χ4v) is 1.39. The van der Waals surface area contributed by atoms with Crippen molar-refractivity contribution in [1.29, 1.82) is 0 Å². The van der Waals surface area contributed by atoms with Crippen LogP contribution in [0.3, 0.4) is 0 Å². The molecular formula is C12H14ClN2O4+. The van der Waals surface area contributed by atoms with Crippen LogP contribution in [0.25, 0.3) is 11.1 Å². The Morgan fingerprint density at radius 2 is 0.895 bits per heavy atom. The maximum Gasteiger partial charge on any atom is 0.169 e. The van der Waals surface area contributed by atoms with Gasteiger partial charge in [-0.3, -0.25) is 0 Å². The third-order valence-corrected chi connectivity index (χ3v) is 2.29. The lowest BCUT2D eigenvalue weighted by atomic mass is 10.1. The summed E-state index contributed by atoms with van der Waals surface area (Å²) in [6.45, 7) is 0. The van der Waals surface area contributed by atoms with Crippen LogP contribution in [0.15, 0.2) is 49.1 Å². The lowest BCUT2D eigenvalue weighted by molar-refractivity contribution is -2.00. The van der Waals surface area contributed by atoms with Crippen LogP contribution in [0.5, 0.6) is 0 Å². The zero-order valence-electron chi connectivity index (χ0n) is 10.5. The number of hydrogen-bond donors (Lipinski definition) is 0. The van der Waals surface area contributed by atoms with E-state index in [1.807, 2.05) is 23.2 Å². The molecule has 0 amide bonds. The largest absolute Gasteiger partial charge is 0.222 e. The van der Waals surface area contributed by atoms with Gasteiger partial charge in [-0.05, 0) is 11.1 Å². The fraction of sp³-hybridized carbons (Fsp3) is 0.167. The van der Waals surface area contributed by atoms with Crippen LogP contribution in [0.1, 0.15) is 0 Å². The summed E-state index contributed by atoms with van der Waals surface area (Å²) < 4.78 is 38.0. The molecule has 2 aromatic heterocycles. The average molecular weight is 286 g/mol. The summed E-state index contributed by atoms with van der Waals surface area (Å²) in [6.07, 6.45) is 8.23. The molecule has 0 fully saturated rings. The molecule has 0 aromatic carbocycles. The van der Waals surface area contributed by atoms with Gasteiger partial charge in [-0.2, -0.15) is 0 Å². The molecule has 0 atom stereocenters. The van der Waals surface area contributed by atoms with Gasteiger partial charge in [0.15, 0.2) is 24.8 Å². The zero-order chi connectivity index (χ0) is 14.5. The Hall–Kier alpha value is -1.57. The van der Waals surface area contributed by atoms with Gasteiger partial charge in [-0.25, -0.2) is 27.8 Å². The van der Waals surface area contributed by atoms with Gasteiger partial charge in [0.1, 0.15) is 14.1 Å². The monoisotopic (exact) mass is 285 g/mol. The second-order valence-electron chi connectivity index (χ2n) is 3.88. The molecule has 0 aliphatic rings. The first-order valence-electron chi connectivity index (χ1n) is 5.28. The van der Waals surface area contributed by atoms with Crippen molar-refractivity contribution in [3.8, 4) is 11.1 Å². The van der Waals surface area contributed by atoms with Gasteiger partial charge in [-0.15, -0.1) is 10.2 Å². The molecule has 0 spiro atoms. The Bertz CT molecular complexity index is 459. The van der Waals surface area contributed by atoms with Crippen LogP contribution in [0, 0.1) is 10.2 Å². The van der Waals surface area contributed by atoms with Crippen LogP contribution >= 0.6 is 0 Å². The van der Waals surface area contributed by atoms with Gasteiger partial charge in [0, 0.05) is 24.3 Å². The first-order chi connectivity index (χ1) is 8.75. The maximum absolute atomic E-state index is 8.49. The van der Waals surface area contributed by atoms with E-state index < -0.39 is 10.2 Å². The predicted octanol–water partition coefficient (Wildman–Crippen LogP) is -3.75. The normalized spacial score (nSPS) is 10.6. The van der Waals surface area contributed by atoms with E-state index in [0.717, 1.165) is 0 Å². The fourth-order valence-electron chi connectivity index (χ4n) is 1.39. The molecule has 0 bridgehead atoms. The second-order valence-corrected chi connectivity index (χ2v) is 4.64. The van der Waals surface area contributed by atoms with E-state index >= 15 is 0 Å². The quantitative estimate of drug-likeness (QED) is 0.502. The molecule has 0 aliphatic carbocycles. The zero-order valence-corrected chi connectivity index (χ0v) is 11.3. The molecule has 19 heavy (non-hydrogen) atoms. The van der Waals surface area contributed by atoms with Crippen LogP contribution in [-0.4, -0.2) is 0 Å². The Balaban J connectivity index is 0.000000312. The number of nitrogens with zero attached hydrogens (tertiary/aromatic N) is 2. The van der Waals surface area contributed by atoms with Crippen molar-refractivity contribution in [3.63, 3.8) is 0 Å². The lowest BCUT2D eigenvalue weighted by Gasteiger charge is -2.17. The predicted molar refractivity (Wildman–Crippen MR) is 54.2 cm³/mol. The number of aryl methyl sites for hydroxylation is 2. The van der Waals surface area contributed by atoms with Crippen molar-refractivity contribution >= 4 is 0 Å². The Labute approximate surface area is 113 Å². The molecule has 0 N–H and O–H groups in total. The summed E-state index contributed by atoms with van der Waals surface area (Å²) in [5.74, 6) is 0. The summed E-state index contributed by atoms with van der Waals surface area (Å²) in [5, 5.41) is 0. The second kappa shape index (κ2) is 6.55. The van der Waals surface area contributed by atoms with Crippen molar-refractivity contribution < 1.29 is 38.0 Å². The maximum atomic E-state index is 8.49. The van der Waals surface area contributed by atoms with Crippen molar-refractivity contribution in [1.82, 2.24) is 0 Å². The number of hydrogen-bond acceptors (Lipinski definition) is 4. The van der Waals surface area contributed by atoms with Crippen LogP contribution in [0.4, 0.5) is 0 Å². The molecule has 2 heterocycles. The Kier molecular flexibility index (Phi) is 5.34. The summed E-state index contributed by atoms with van der Waals surface area (Å²) >= 11 is 0. The summed E-state index contributed by atoms with van der Waals surface area (Å²) in [5.41, 5.74) is 2.51. The highest BCUT2D eigenvalue weighted by molar-refractivity contribution is 5.60. The van der Waals surface area contributed by atoms with E-state index in [-0.39, 0.29) is 0 Å². The van der Waals surface area contributed by atoms with Crippen molar-refractivity contribution in [3.05, 3.63) is 49.1 Å². The molecule has 7 heteroatoms. The first kappa shape index (κ1) is 15.5. The van der Waals surface area contributed by atoms with Crippen molar-refractivity contribution in [2.45, 2.75) is 0 Å². The molecule has 6 nitrogen and oxygen atoms in total. The Morgan fingerprint density at radius 1 is 0.684 bits per heavy atom. The number of aromatic nitrogens is 2. The summed E-state index contributed by atoms with van der Waals surface area (Å²) in [7, 11) is -0.899. The molecule has 0 unspecified atom stereocenters. The van der Waals surface area contributed by atoms with E-state index in [9.17, 15) is 0 Å². The van der Waals surface area contributed by atoms with E-state index in [0.29, 0.717) is 0 Å². The SMILES string of the molecule is C[n+]1ccc(-c2cc[n+](C)cc2)cc1.[O-][Cl+3]([O-])([O-])[O-].